The lowest BCUT2D eigenvalue weighted by Gasteiger charge is -2.17. The Labute approximate surface area is 162 Å². The van der Waals surface area contributed by atoms with Crippen molar-refractivity contribution in [1.82, 2.24) is 9.62 Å². The Morgan fingerprint density at radius 3 is 2.25 bits per heavy atom. The monoisotopic (exact) mass is 409 g/mol. The highest BCUT2D eigenvalue weighted by Crippen LogP contribution is 2.14. The highest BCUT2D eigenvalue weighted by molar-refractivity contribution is 7.89. The van der Waals surface area contributed by atoms with E-state index >= 15 is 0 Å². The number of methoxy groups -OCH3 is 1. The van der Waals surface area contributed by atoms with Gasteiger partial charge >= 0.3 is 6.09 Å². The Kier molecular flexibility index (Phi) is 7.07. The predicted molar refractivity (Wildman–Crippen MR) is 101 cm³/mol. The molecule has 0 atom stereocenters. The topological polar surface area (TPSA) is 105 Å². The summed E-state index contributed by atoms with van der Waals surface area (Å²) in [5, 5.41) is 5.12. The first kappa shape index (κ1) is 21.3. The molecule has 0 spiro atoms. The summed E-state index contributed by atoms with van der Waals surface area (Å²) in [7, 11) is -1.37. The van der Waals surface area contributed by atoms with E-state index in [1.54, 1.807) is 24.3 Å². The first-order valence-electron chi connectivity index (χ1n) is 8.15. The number of halogens is 1. The number of hydrogen-bond acceptors (Lipinski definition) is 5. The lowest BCUT2D eigenvalue weighted by atomic mass is 10.2. The molecule has 0 saturated heterocycles. The molecule has 0 radical (unpaired) electrons. The molecule has 0 bridgehead atoms. The maximum Gasteiger partial charge on any atom is 0.411 e. The molecule has 2 N–H and O–H groups in total. The molecule has 0 unspecified atom stereocenters. The number of carbonyl (C=O) groups is 2. The number of benzene rings is 2. The first-order valence-corrected chi connectivity index (χ1v) is 9.59. The van der Waals surface area contributed by atoms with Crippen LogP contribution >= 0.6 is 0 Å². The first-order chi connectivity index (χ1) is 13.2. The van der Waals surface area contributed by atoms with Gasteiger partial charge in [0.2, 0.25) is 15.9 Å². The van der Waals surface area contributed by atoms with Gasteiger partial charge in [0.05, 0.1) is 18.6 Å². The third-order valence-corrected chi connectivity index (χ3v) is 5.58. The number of nitrogens with one attached hydrogen (secondary N) is 2. The van der Waals surface area contributed by atoms with Gasteiger partial charge in [-0.15, -0.1) is 0 Å². The van der Waals surface area contributed by atoms with Gasteiger partial charge in [0.15, 0.2) is 0 Å². The highest BCUT2D eigenvalue weighted by Gasteiger charge is 2.22. The van der Waals surface area contributed by atoms with E-state index < -0.39 is 27.8 Å². The van der Waals surface area contributed by atoms with Crippen molar-refractivity contribution in [2.45, 2.75) is 11.4 Å². The second-order valence-corrected chi connectivity index (χ2v) is 7.85. The van der Waals surface area contributed by atoms with Crippen molar-refractivity contribution in [2.75, 3.05) is 26.0 Å². The van der Waals surface area contributed by atoms with Gasteiger partial charge in [0.25, 0.3) is 0 Å². The van der Waals surface area contributed by atoms with Gasteiger partial charge in [-0.3, -0.25) is 10.1 Å². The maximum atomic E-state index is 13.0. The average Bonchev–Trinajstić information content (AvgIpc) is 2.67. The minimum absolute atomic E-state index is 0.0992. The molecule has 8 nitrogen and oxygen atoms in total. The maximum absolute atomic E-state index is 13.0. The number of rotatable bonds is 7. The molecule has 0 heterocycles. The minimum atomic E-state index is -3.90. The molecule has 2 rings (SSSR count). The van der Waals surface area contributed by atoms with Crippen LogP contribution in [-0.2, 0) is 26.1 Å². The number of nitrogens with zero attached hydrogens (tertiary/aromatic N) is 1. The fourth-order valence-corrected chi connectivity index (χ4v) is 3.33. The number of anilines is 1. The van der Waals surface area contributed by atoms with Crippen LogP contribution in [0.5, 0.6) is 0 Å². The van der Waals surface area contributed by atoms with E-state index in [1.165, 1.54) is 14.2 Å². The predicted octanol–water partition coefficient (Wildman–Crippen LogP) is 1.94. The summed E-state index contributed by atoms with van der Waals surface area (Å²) < 4.78 is 43.1. The number of ether oxygens (including phenoxy) is 1. The molecule has 0 aliphatic heterocycles. The quantitative estimate of drug-likeness (QED) is 0.727. The normalized spacial score (nSPS) is 11.1. The lowest BCUT2D eigenvalue weighted by molar-refractivity contribution is -0.121. The molecular weight excluding hydrogens is 389 g/mol. The third-order valence-electron chi connectivity index (χ3n) is 3.76. The third kappa shape index (κ3) is 5.76. The van der Waals surface area contributed by atoms with E-state index in [2.05, 4.69) is 15.4 Å². The van der Waals surface area contributed by atoms with E-state index in [0.717, 1.165) is 34.1 Å². The summed E-state index contributed by atoms with van der Waals surface area (Å²) in [6, 6.07) is 11.0. The second-order valence-electron chi connectivity index (χ2n) is 5.81. The summed E-state index contributed by atoms with van der Waals surface area (Å²) in [5.41, 5.74) is 1.29. The van der Waals surface area contributed by atoms with Gasteiger partial charge < -0.3 is 10.1 Å². The molecule has 0 aliphatic rings. The number of sulfonamides is 1. The van der Waals surface area contributed by atoms with Gasteiger partial charge in [-0.25, -0.2) is 17.6 Å². The SMILES string of the molecule is COC(=O)Nc1ccc(CNC(=O)CN(C)S(=O)(=O)c2ccc(F)cc2)cc1. The Hall–Kier alpha value is -2.98. The van der Waals surface area contributed by atoms with Crippen LogP contribution in [0.4, 0.5) is 14.9 Å². The van der Waals surface area contributed by atoms with E-state index in [4.69, 9.17) is 0 Å². The number of carbonyl (C=O) groups excluding carboxylic acids is 2. The molecule has 150 valence electrons. The zero-order valence-corrected chi connectivity index (χ0v) is 16.1. The van der Waals surface area contributed by atoms with Crippen LogP contribution in [-0.4, -0.2) is 45.4 Å². The van der Waals surface area contributed by atoms with Crippen LogP contribution in [0.15, 0.2) is 53.4 Å². The van der Waals surface area contributed by atoms with E-state index in [-0.39, 0.29) is 18.0 Å². The second kappa shape index (κ2) is 9.29. The molecule has 0 fully saturated rings. The summed E-state index contributed by atoms with van der Waals surface area (Å²) in [6.45, 7) is -0.205. The molecule has 0 aromatic heterocycles. The smallest absolute Gasteiger partial charge is 0.411 e. The Morgan fingerprint density at radius 2 is 1.68 bits per heavy atom. The summed E-state index contributed by atoms with van der Waals surface area (Å²) >= 11 is 0. The average molecular weight is 409 g/mol. The van der Waals surface area contributed by atoms with Crippen molar-refractivity contribution in [1.29, 1.82) is 0 Å². The van der Waals surface area contributed by atoms with Crippen molar-refractivity contribution >= 4 is 27.7 Å². The number of likely N-dealkylation sites (N-methyl/N-ethyl adjacent to an activating group) is 1. The van der Waals surface area contributed by atoms with Crippen LogP contribution in [0.25, 0.3) is 0 Å². The van der Waals surface area contributed by atoms with Crippen LogP contribution in [0, 0.1) is 5.82 Å². The van der Waals surface area contributed by atoms with E-state index in [0.29, 0.717) is 5.69 Å². The molecule has 0 aliphatic carbocycles. The number of hydrogen-bond donors (Lipinski definition) is 2. The molecule has 10 heteroatoms. The molecule has 0 saturated carbocycles. The van der Waals surface area contributed by atoms with Crippen molar-refractivity contribution in [3.63, 3.8) is 0 Å². The minimum Gasteiger partial charge on any atom is -0.453 e. The van der Waals surface area contributed by atoms with Crippen molar-refractivity contribution in [3.8, 4) is 0 Å². The molecule has 28 heavy (non-hydrogen) atoms. The van der Waals surface area contributed by atoms with Crippen molar-refractivity contribution < 1.29 is 27.1 Å². The van der Waals surface area contributed by atoms with E-state index in [9.17, 15) is 22.4 Å². The van der Waals surface area contributed by atoms with Crippen LogP contribution in [0.3, 0.4) is 0 Å². The van der Waals surface area contributed by atoms with Gasteiger partial charge in [0.1, 0.15) is 5.82 Å². The van der Waals surface area contributed by atoms with Gasteiger partial charge in [0, 0.05) is 19.3 Å². The van der Waals surface area contributed by atoms with Crippen LogP contribution in [0.2, 0.25) is 0 Å². The fraction of sp³-hybridized carbons (Fsp3) is 0.222. The Balaban J connectivity index is 1.89. The zero-order valence-electron chi connectivity index (χ0n) is 15.3. The van der Waals surface area contributed by atoms with Gasteiger partial charge in [-0.2, -0.15) is 4.31 Å². The van der Waals surface area contributed by atoms with Crippen molar-refractivity contribution in [3.05, 3.63) is 59.9 Å². The summed E-state index contributed by atoms with van der Waals surface area (Å²) in [4.78, 5) is 23.1. The standard InChI is InChI=1S/C18H20FN3O5S/c1-22(28(25,26)16-9-5-14(19)6-10-16)12-17(23)20-11-13-3-7-15(8-4-13)21-18(24)27-2/h3-10H,11-12H2,1-2H3,(H,20,23)(H,21,24). The molecule has 2 amide bonds. The highest BCUT2D eigenvalue weighted by atomic mass is 32.2. The van der Waals surface area contributed by atoms with Crippen molar-refractivity contribution in [2.24, 2.45) is 0 Å². The fourth-order valence-electron chi connectivity index (χ4n) is 2.21. The van der Waals surface area contributed by atoms with Gasteiger partial charge in [-0.05, 0) is 42.0 Å². The van der Waals surface area contributed by atoms with Crippen LogP contribution < -0.4 is 10.6 Å². The Bertz CT molecular complexity index is 931. The van der Waals surface area contributed by atoms with Gasteiger partial charge in [-0.1, -0.05) is 12.1 Å². The largest absolute Gasteiger partial charge is 0.453 e. The van der Waals surface area contributed by atoms with Crippen LogP contribution in [0.1, 0.15) is 5.56 Å². The summed E-state index contributed by atoms with van der Waals surface area (Å²) in [5.74, 6) is -1.04. The molecule has 2 aromatic rings. The zero-order chi connectivity index (χ0) is 20.7. The number of amides is 2. The molecular formula is C18H20FN3O5S. The molecule has 2 aromatic carbocycles. The summed E-state index contributed by atoms with van der Waals surface area (Å²) in [6.07, 6.45) is -0.591. The Morgan fingerprint density at radius 1 is 1.07 bits per heavy atom. The van der Waals surface area contributed by atoms with E-state index in [1.807, 2.05) is 0 Å². The lowest BCUT2D eigenvalue weighted by Crippen LogP contribution is -2.38.